The summed E-state index contributed by atoms with van der Waals surface area (Å²) in [5.41, 5.74) is 2.00. The Morgan fingerprint density at radius 1 is 1.17 bits per heavy atom. The Morgan fingerprint density at radius 3 is 2.63 bits per heavy atom. The lowest BCUT2D eigenvalue weighted by Gasteiger charge is -2.13. The van der Waals surface area contributed by atoms with Crippen LogP contribution in [0, 0.1) is 13.7 Å². The van der Waals surface area contributed by atoms with Gasteiger partial charge in [-0.3, -0.25) is 10.1 Å². The molecule has 1 aliphatic rings. The maximum Gasteiger partial charge on any atom is 0.363 e. The lowest BCUT2D eigenvalue weighted by atomic mass is 10.1. The number of cyclic esters (lactones) is 1. The van der Waals surface area contributed by atoms with E-state index in [0.29, 0.717) is 23.7 Å². The third-order valence-corrected chi connectivity index (χ3v) is 6.16. The zero-order valence-corrected chi connectivity index (χ0v) is 21.3. The van der Waals surface area contributed by atoms with Gasteiger partial charge in [-0.2, -0.15) is 0 Å². The molecule has 0 spiro atoms. The fourth-order valence-corrected chi connectivity index (χ4v) is 4.39. The Hall–Kier alpha value is -3.44. The molecule has 10 heteroatoms. The standard InChI is InChI=1S/C25H18ClIN2O6/c1-33-22-13-16(11-20(27)23(22)34-10-9-15-5-3-2-4-6-15)12-21-25(30)35-24(28-21)18-8-7-17(29(31)32)14-19(18)26/h2-8,11-14H,9-10H2,1H3/b21-12-. The maximum absolute atomic E-state index is 12.4. The van der Waals surface area contributed by atoms with Gasteiger partial charge in [0.1, 0.15) is 0 Å². The zero-order chi connectivity index (χ0) is 24.9. The molecular weight excluding hydrogens is 587 g/mol. The summed E-state index contributed by atoms with van der Waals surface area (Å²) < 4.78 is 17.6. The van der Waals surface area contributed by atoms with Crippen LogP contribution >= 0.6 is 34.2 Å². The van der Waals surface area contributed by atoms with E-state index < -0.39 is 10.9 Å². The second kappa shape index (κ2) is 10.9. The number of nitrogens with zero attached hydrogens (tertiary/aromatic N) is 2. The highest BCUT2D eigenvalue weighted by Gasteiger charge is 2.27. The van der Waals surface area contributed by atoms with Crippen LogP contribution in [-0.2, 0) is 16.0 Å². The van der Waals surface area contributed by atoms with Crippen LogP contribution in [0.5, 0.6) is 11.5 Å². The van der Waals surface area contributed by atoms with Gasteiger partial charge >= 0.3 is 5.97 Å². The van der Waals surface area contributed by atoms with Gasteiger partial charge in [0.25, 0.3) is 5.69 Å². The maximum atomic E-state index is 12.4. The smallest absolute Gasteiger partial charge is 0.363 e. The van der Waals surface area contributed by atoms with Crippen molar-refractivity contribution in [1.29, 1.82) is 0 Å². The summed E-state index contributed by atoms with van der Waals surface area (Å²) in [6.07, 6.45) is 2.31. The number of nitro benzene ring substituents is 1. The highest BCUT2D eigenvalue weighted by atomic mass is 127. The van der Waals surface area contributed by atoms with Gasteiger partial charge in [0, 0.05) is 18.6 Å². The molecule has 0 fully saturated rings. The molecule has 0 bridgehead atoms. The summed E-state index contributed by atoms with van der Waals surface area (Å²) in [5.74, 6) is 0.447. The van der Waals surface area contributed by atoms with Crippen molar-refractivity contribution in [1.82, 2.24) is 0 Å². The van der Waals surface area contributed by atoms with Crippen molar-refractivity contribution < 1.29 is 23.9 Å². The molecule has 4 rings (SSSR count). The van der Waals surface area contributed by atoms with E-state index in [2.05, 4.69) is 27.6 Å². The van der Waals surface area contributed by atoms with E-state index in [1.807, 2.05) is 36.4 Å². The van der Waals surface area contributed by atoms with Gasteiger partial charge in [0.15, 0.2) is 17.2 Å². The van der Waals surface area contributed by atoms with Crippen LogP contribution in [0.3, 0.4) is 0 Å². The molecule has 0 unspecified atom stereocenters. The first-order valence-electron chi connectivity index (χ1n) is 10.4. The Balaban J connectivity index is 1.55. The number of non-ortho nitro benzene ring substituents is 1. The molecule has 35 heavy (non-hydrogen) atoms. The Bertz CT molecular complexity index is 1360. The molecule has 0 atom stereocenters. The molecule has 0 saturated carbocycles. The first-order valence-corrected chi connectivity index (χ1v) is 11.8. The van der Waals surface area contributed by atoms with Crippen molar-refractivity contribution in [2.45, 2.75) is 6.42 Å². The second-order valence-electron chi connectivity index (χ2n) is 7.38. The molecule has 8 nitrogen and oxygen atoms in total. The molecule has 0 saturated heterocycles. The molecule has 0 amide bonds. The quantitative estimate of drug-likeness (QED) is 0.106. The molecule has 0 aliphatic carbocycles. The number of halogens is 2. The number of esters is 1. The van der Waals surface area contributed by atoms with Crippen LogP contribution in [0.15, 0.2) is 71.4 Å². The van der Waals surface area contributed by atoms with Crippen molar-refractivity contribution >= 4 is 57.8 Å². The van der Waals surface area contributed by atoms with Crippen molar-refractivity contribution in [3.05, 3.63) is 102 Å². The number of methoxy groups -OCH3 is 1. The first kappa shape index (κ1) is 24.7. The minimum atomic E-state index is -0.661. The largest absolute Gasteiger partial charge is 0.493 e. The normalized spacial score (nSPS) is 14.0. The van der Waals surface area contributed by atoms with Crippen LogP contribution in [0.4, 0.5) is 5.69 Å². The number of rotatable bonds is 8. The van der Waals surface area contributed by atoms with Crippen molar-refractivity contribution in [2.24, 2.45) is 4.99 Å². The molecule has 0 aromatic heterocycles. The van der Waals surface area contributed by atoms with E-state index in [0.717, 1.165) is 9.99 Å². The predicted octanol–water partition coefficient (Wildman–Crippen LogP) is 5.83. The van der Waals surface area contributed by atoms with E-state index in [9.17, 15) is 14.9 Å². The number of hydrogen-bond donors (Lipinski definition) is 0. The number of ether oxygens (including phenoxy) is 3. The fraction of sp³-hybridized carbons (Fsp3) is 0.120. The van der Waals surface area contributed by atoms with Gasteiger partial charge in [-0.1, -0.05) is 41.9 Å². The fourth-order valence-electron chi connectivity index (χ4n) is 3.35. The van der Waals surface area contributed by atoms with Gasteiger partial charge < -0.3 is 14.2 Å². The van der Waals surface area contributed by atoms with Crippen LogP contribution in [0.1, 0.15) is 16.7 Å². The number of carbonyl (C=O) groups excluding carboxylic acids is 1. The number of carbonyl (C=O) groups is 1. The second-order valence-corrected chi connectivity index (χ2v) is 8.94. The summed E-state index contributed by atoms with van der Waals surface area (Å²) in [5, 5.41) is 11.0. The van der Waals surface area contributed by atoms with E-state index >= 15 is 0 Å². The minimum absolute atomic E-state index is 0.0244. The van der Waals surface area contributed by atoms with E-state index in [1.54, 1.807) is 19.3 Å². The highest BCUT2D eigenvalue weighted by molar-refractivity contribution is 14.1. The average molecular weight is 605 g/mol. The molecular formula is C25H18ClIN2O6. The van der Waals surface area contributed by atoms with Crippen LogP contribution in [-0.4, -0.2) is 30.5 Å². The number of hydrogen-bond acceptors (Lipinski definition) is 7. The lowest BCUT2D eigenvalue weighted by molar-refractivity contribution is -0.384. The molecule has 3 aromatic rings. The number of aliphatic imine (C=N–C) groups is 1. The summed E-state index contributed by atoms with van der Waals surface area (Å²) in [7, 11) is 1.54. The molecule has 178 valence electrons. The SMILES string of the molecule is COc1cc(/C=C2\N=C(c3ccc([N+](=O)[O-])cc3Cl)OC2=O)cc(I)c1OCCc1ccccc1. The third kappa shape index (κ3) is 5.80. The Morgan fingerprint density at radius 2 is 1.94 bits per heavy atom. The van der Waals surface area contributed by atoms with Gasteiger partial charge in [-0.05, 0) is 58.0 Å². The van der Waals surface area contributed by atoms with E-state index in [-0.39, 0.29) is 27.9 Å². The van der Waals surface area contributed by atoms with E-state index in [1.165, 1.54) is 23.8 Å². The number of benzene rings is 3. The highest BCUT2D eigenvalue weighted by Crippen LogP contribution is 2.35. The van der Waals surface area contributed by atoms with Crippen molar-refractivity contribution in [2.75, 3.05) is 13.7 Å². The molecule has 3 aromatic carbocycles. The Labute approximate surface area is 219 Å². The van der Waals surface area contributed by atoms with Crippen molar-refractivity contribution in [3.8, 4) is 11.5 Å². The lowest BCUT2D eigenvalue weighted by Crippen LogP contribution is -2.06. The topological polar surface area (TPSA) is 100 Å². The van der Waals surface area contributed by atoms with Gasteiger partial charge in [0.05, 0.1) is 32.8 Å². The van der Waals surface area contributed by atoms with Gasteiger partial charge in [0.2, 0.25) is 5.90 Å². The monoisotopic (exact) mass is 604 g/mol. The minimum Gasteiger partial charge on any atom is -0.493 e. The summed E-state index contributed by atoms with van der Waals surface area (Å²) in [6, 6.07) is 17.4. The van der Waals surface area contributed by atoms with Gasteiger partial charge in [-0.25, -0.2) is 9.79 Å². The molecule has 0 radical (unpaired) electrons. The molecule has 1 aliphatic heterocycles. The number of nitro groups is 1. The predicted molar refractivity (Wildman–Crippen MR) is 140 cm³/mol. The van der Waals surface area contributed by atoms with Crippen LogP contribution in [0.25, 0.3) is 6.08 Å². The molecule has 1 heterocycles. The summed E-state index contributed by atoms with van der Waals surface area (Å²) >= 11 is 8.29. The Kier molecular flexibility index (Phi) is 7.67. The van der Waals surface area contributed by atoms with Gasteiger partial charge in [-0.15, -0.1) is 0 Å². The first-order chi connectivity index (χ1) is 16.9. The zero-order valence-electron chi connectivity index (χ0n) is 18.4. The summed E-state index contributed by atoms with van der Waals surface area (Å²) in [6.45, 7) is 0.479. The third-order valence-electron chi connectivity index (χ3n) is 5.05. The molecule has 0 N–H and O–H groups in total. The van der Waals surface area contributed by atoms with Crippen LogP contribution < -0.4 is 9.47 Å². The summed E-state index contributed by atoms with van der Waals surface area (Å²) in [4.78, 5) is 27.0. The van der Waals surface area contributed by atoms with Crippen molar-refractivity contribution in [3.63, 3.8) is 0 Å². The van der Waals surface area contributed by atoms with E-state index in [4.69, 9.17) is 25.8 Å². The van der Waals surface area contributed by atoms with Crippen LogP contribution in [0.2, 0.25) is 5.02 Å². The average Bonchev–Trinajstić information content (AvgIpc) is 3.20.